The van der Waals surface area contributed by atoms with E-state index in [1.165, 1.54) is 17.5 Å². The molecule has 3 rings (SSSR count). The molecule has 1 saturated heterocycles. The van der Waals surface area contributed by atoms with Gasteiger partial charge in [-0.25, -0.2) is 12.8 Å². The Kier molecular flexibility index (Phi) is 7.39. The molecule has 0 aromatic heterocycles. The minimum Gasteiger partial charge on any atom is -0.495 e. The molecule has 0 spiro atoms. The summed E-state index contributed by atoms with van der Waals surface area (Å²) in [6, 6.07) is 7.30. The normalized spacial score (nSPS) is 17.4. The van der Waals surface area contributed by atoms with Crippen LogP contribution in [0.1, 0.15) is 30.9 Å². The Hall–Kier alpha value is -1.97. The van der Waals surface area contributed by atoms with Gasteiger partial charge in [0.25, 0.3) is 0 Å². The molecule has 6 nitrogen and oxygen atoms in total. The Morgan fingerprint density at radius 1 is 1.32 bits per heavy atom. The Morgan fingerprint density at radius 3 is 2.74 bits per heavy atom. The highest BCUT2D eigenvalue weighted by Crippen LogP contribution is 2.32. The Morgan fingerprint density at radius 2 is 2.06 bits per heavy atom. The molecular weight excluding hydrogens is 487 g/mol. The van der Waals surface area contributed by atoms with Crippen LogP contribution in [0.25, 0.3) is 0 Å². The summed E-state index contributed by atoms with van der Waals surface area (Å²) in [5, 5.41) is 3.00. The number of piperidine rings is 1. The van der Waals surface area contributed by atoms with E-state index in [-0.39, 0.29) is 29.6 Å². The molecular formula is C22H26BrFN2O4S. The van der Waals surface area contributed by atoms with Gasteiger partial charge in [0.2, 0.25) is 15.9 Å². The molecule has 1 heterocycles. The molecule has 9 heteroatoms. The average Bonchev–Trinajstić information content (AvgIpc) is 2.75. The van der Waals surface area contributed by atoms with Crippen molar-refractivity contribution in [1.82, 2.24) is 4.31 Å². The Balaban J connectivity index is 1.83. The van der Waals surface area contributed by atoms with Crippen LogP contribution in [-0.4, -0.2) is 38.8 Å². The van der Waals surface area contributed by atoms with Crippen molar-refractivity contribution in [3.05, 3.63) is 51.7 Å². The van der Waals surface area contributed by atoms with Crippen LogP contribution >= 0.6 is 15.9 Å². The molecule has 1 fully saturated rings. The molecule has 31 heavy (non-hydrogen) atoms. The predicted octanol–water partition coefficient (Wildman–Crippen LogP) is 4.51. The van der Waals surface area contributed by atoms with Gasteiger partial charge in [-0.15, -0.1) is 0 Å². The lowest BCUT2D eigenvalue weighted by atomic mass is 9.98. The Labute approximate surface area is 191 Å². The van der Waals surface area contributed by atoms with E-state index in [0.717, 1.165) is 39.8 Å². The van der Waals surface area contributed by atoms with E-state index in [1.807, 2.05) is 26.0 Å². The third kappa shape index (κ3) is 5.10. The maximum atomic E-state index is 13.8. The van der Waals surface area contributed by atoms with E-state index >= 15 is 0 Å². The summed E-state index contributed by atoms with van der Waals surface area (Å²) in [6.07, 6.45) is 1.87. The van der Waals surface area contributed by atoms with E-state index in [9.17, 15) is 17.6 Å². The number of benzene rings is 2. The first kappa shape index (κ1) is 23.7. The Bertz CT molecular complexity index is 1090. The van der Waals surface area contributed by atoms with Crippen molar-refractivity contribution in [2.45, 2.75) is 38.0 Å². The van der Waals surface area contributed by atoms with Crippen molar-refractivity contribution >= 4 is 37.5 Å². The highest BCUT2D eigenvalue weighted by molar-refractivity contribution is 9.10. The zero-order chi connectivity index (χ0) is 22.8. The highest BCUT2D eigenvalue weighted by Gasteiger charge is 2.35. The standard InChI is InChI=1S/C22H26BrFN2O4S/c1-4-15-11-17(23)10-14(2)21(15)25-22(27)16-6-5-9-26(13-16)31(28,29)20-12-18(24)7-8-19(20)30-3/h7-8,10-12,16H,4-6,9,13H2,1-3H3,(H,25,27). The highest BCUT2D eigenvalue weighted by atomic mass is 79.9. The van der Waals surface area contributed by atoms with Crippen LogP contribution in [0.5, 0.6) is 5.75 Å². The first-order chi connectivity index (χ1) is 14.7. The third-order valence-electron chi connectivity index (χ3n) is 5.51. The summed E-state index contributed by atoms with van der Waals surface area (Å²) in [7, 11) is -2.67. The van der Waals surface area contributed by atoms with Crippen LogP contribution < -0.4 is 10.1 Å². The molecule has 2 aromatic rings. The van der Waals surface area contributed by atoms with Crippen LogP contribution in [0.4, 0.5) is 10.1 Å². The van der Waals surface area contributed by atoms with Gasteiger partial charge in [0.1, 0.15) is 16.5 Å². The van der Waals surface area contributed by atoms with Gasteiger partial charge < -0.3 is 10.1 Å². The fourth-order valence-electron chi connectivity index (χ4n) is 3.86. The fraction of sp³-hybridized carbons (Fsp3) is 0.409. The van der Waals surface area contributed by atoms with Crippen molar-refractivity contribution in [2.24, 2.45) is 5.92 Å². The molecule has 0 aliphatic carbocycles. The molecule has 1 aliphatic heterocycles. The maximum absolute atomic E-state index is 13.8. The number of rotatable bonds is 6. The lowest BCUT2D eigenvalue weighted by molar-refractivity contribution is -0.120. The number of nitrogens with zero attached hydrogens (tertiary/aromatic N) is 1. The minimum absolute atomic E-state index is 0.0326. The topological polar surface area (TPSA) is 75.7 Å². The summed E-state index contributed by atoms with van der Waals surface area (Å²) in [6.45, 7) is 4.24. The summed E-state index contributed by atoms with van der Waals surface area (Å²) in [5.74, 6) is -1.31. The molecule has 0 saturated carbocycles. The molecule has 1 amide bonds. The predicted molar refractivity (Wildman–Crippen MR) is 121 cm³/mol. The monoisotopic (exact) mass is 512 g/mol. The molecule has 168 valence electrons. The first-order valence-corrected chi connectivity index (χ1v) is 12.3. The van der Waals surface area contributed by atoms with Crippen LogP contribution in [0.2, 0.25) is 0 Å². The zero-order valence-electron chi connectivity index (χ0n) is 17.7. The molecule has 2 aromatic carbocycles. The fourth-order valence-corrected chi connectivity index (χ4v) is 6.17. The lowest BCUT2D eigenvalue weighted by Gasteiger charge is -2.31. The number of carbonyl (C=O) groups is 1. The number of sulfonamides is 1. The van der Waals surface area contributed by atoms with Gasteiger partial charge in [-0.3, -0.25) is 4.79 Å². The number of methoxy groups -OCH3 is 1. The van der Waals surface area contributed by atoms with Gasteiger partial charge in [0.15, 0.2) is 0 Å². The molecule has 0 bridgehead atoms. The zero-order valence-corrected chi connectivity index (χ0v) is 20.1. The second-order valence-electron chi connectivity index (χ2n) is 7.60. The minimum atomic E-state index is -4.01. The van der Waals surface area contributed by atoms with E-state index in [1.54, 1.807) is 0 Å². The number of anilines is 1. The molecule has 1 aliphatic rings. The number of hydrogen-bond donors (Lipinski definition) is 1. The molecule has 1 atom stereocenters. The number of hydrogen-bond acceptors (Lipinski definition) is 4. The number of amides is 1. The number of carbonyl (C=O) groups excluding carboxylic acids is 1. The molecule has 1 unspecified atom stereocenters. The first-order valence-electron chi connectivity index (χ1n) is 10.1. The number of nitrogens with one attached hydrogen (secondary N) is 1. The number of ether oxygens (including phenoxy) is 1. The number of halogens is 2. The van der Waals surface area contributed by atoms with Crippen LogP contribution in [0, 0.1) is 18.7 Å². The van der Waals surface area contributed by atoms with Crippen molar-refractivity contribution < 1.29 is 22.3 Å². The summed E-state index contributed by atoms with van der Waals surface area (Å²) in [5.41, 5.74) is 2.71. The van der Waals surface area contributed by atoms with Crippen molar-refractivity contribution in [2.75, 3.05) is 25.5 Å². The van der Waals surface area contributed by atoms with Crippen molar-refractivity contribution in [3.63, 3.8) is 0 Å². The van der Waals surface area contributed by atoms with Gasteiger partial charge in [-0.2, -0.15) is 4.31 Å². The van der Waals surface area contributed by atoms with E-state index in [2.05, 4.69) is 21.2 Å². The third-order valence-corrected chi connectivity index (χ3v) is 7.85. The smallest absolute Gasteiger partial charge is 0.246 e. The summed E-state index contributed by atoms with van der Waals surface area (Å²) < 4.78 is 47.4. The average molecular weight is 513 g/mol. The SMILES string of the molecule is CCc1cc(Br)cc(C)c1NC(=O)C1CCCN(S(=O)(=O)c2cc(F)ccc2OC)C1. The van der Waals surface area contributed by atoms with Crippen LogP contribution in [0.15, 0.2) is 39.7 Å². The van der Waals surface area contributed by atoms with Gasteiger partial charge in [0.05, 0.1) is 13.0 Å². The largest absolute Gasteiger partial charge is 0.495 e. The summed E-state index contributed by atoms with van der Waals surface area (Å²) in [4.78, 5) is 12.8. The lowest BCUT2D eigenvalue weighted by Crippen LogP contribution is -2.43. The number of aryl methyl sites for hydroxylation is 2. The molecule has 0 radical (unpaired) electrons. The van der Waals surface area contributed by atoms with Gasteiger partial charge >= 0.3 is 0 Å². The van der Waals surface area contributed by atoms with Crippen molar-refractivity contribution in [1.29, 1.82) is 0 Å². The van der Waals surface area contributed by atoms with E-state index < -0.39 is 21.8 Å². The van der Waals surface area contributed by atoms with Gasteiger partial charge in [-0.05, 0) is 67.6 Å². The molecule has 1 N–H and O–H groups in total. The maximum Gasteiger partial charge on any atom is 0.246 e. The van der Waals surface area contributed by atoms with Gasteiger partial charge in [0, 0.05) is 23.2 Å². The summed E-state index contributed by atoms with van der Waals surface area (Å²) >= 11 is 3.48. The second-order valence-corrected chi connectivity index (χ2v) is 10.4. The van der Waals surface area contributed by atoms with E-state index in [0.29, 0.717) is 12.8 Å². The van der Waals surface area contributed by atoms with Crippen molar-refractivity contribution in [3.8, 4) is 5.75 Å². The van der Waals surface area contributed by atoms with E-state index in [4.69, 9.17) is 4.74 Å². The van der Waals surface area contributed by atoms with Gasteiger partial charge in [-0.1, -0.05) is 22.9 Å². The van der Waals surface area contributed by atoms with Crippen LogP contribution in [0.3, 0.4) is 0 Å². The quantitative estimate of drug-likeness (QED) is 0.617. The van der Waals surface area contributed by atoms with Crippen LogP contribution in [-0.2, 0) is 21.2 Å². The second kappa shape index (κ2) is 9.67.